The number of amides is 1. The molecule has 4 aromatic carbocycles. The topological polar surface area (TPSA) is 121 Å². The monoisotopic (exact) mass is 603 g/mol. The first-order valence-electron chi connectivity index (χ1n) is 11.4. The largest absolute Gasteiger partial charge is 0.322 e. The van der Waals surface area contributed by atoms with Gasteiger partial charge in [0.1, 0.15) is 0 Å². The zero-order valence-electron chi connectivity index (χ0n) is 20.7. The average molecular weight is 605 g/mol. The Labute approximate surface area is 237 Å². The molecule has 1 amide bonds. The molecule has 0 saturated carbocycles. The Bertz CT molecular complexity index is 1760. The Morgan fingerprint density at radius 1 is 0.692 bits per heavy atom. The lowest BCUT2D eigenvalue weighted by atomic mass is 10.1. The maximum atomic E-state index is 12.8. The first-order chi connectivity index (χ1) is 18.4. The number of anilines is 3. The van der Waals surface area contributed by atoms with E-state index in [1.807, 2.05) is 6.92 Å². The van der Waals surface area contributed by atoms with Gasteiger partial charge in [0.25, 0.3) is 26.0 Å². The van der Waals surface area contributed by atoms with E-state index < -0.39 is 26.0 Å². The minimum atomic E-state index is -3.96. The van der Waals surface area contributed by atoms with Gasteiger partial charge in [-0.15, -0.1) is 0 Å². The molecular formula is C27H23Cl2N3O5S2. The van der Waals surface area contributed by atoms with Crippen LogP contribution in [0, 0.1) is 13.8 Å². The van der Waals surface area contributed by atoms with Crippen molar-refractivity contribution >= 4 is 66.2 Å². The van der Waals surface area contributed by atoms with E-state index in [0.717, 1.165) is 5.56 Å². The van der Waals surface area contributed by atoms with Crippen molar-refractivity contribution in [1.82, 2.24) is 0 Å². The van der Waals surface area contributed by atoms with Gasteiger partial charge in [0.05, 0.1) is 31.2 Å². The molecule has 0 atom stereocenters. The standard InChI is InChI=1S/C27H23Cl2N3O5S2/c1-17-6-11-21(12-7-17)38(34,35)31-24-15-8-19(16-18(24)2)27(33)30-20-9-13-22(14-10-20)39(36,37)32-25-5-3-4-23(28)26(25)29/h3-16,31-32H,1-2H3,(H,30,33). The highest BCUT2D eigenvalue weighted by atomic mass is 35.5. The third kappa shape index (κ3) is 6.72. The zero-order valence-corrected chi connectivity index (χ0v) is 23.8. The number of nitrogens with one attached hydrogen (secondary N) is 3. The Morgan fingerprint density at radius 3 is 1.85 bits per heavy atom. The summed E-state index contributed by atoms with van der Waals surface area (Å²) in [6, 6.07) is 21.2. The minimum absolute atomic E-state index is 0.0439. The van der Waals surface area contributed by atoms with Gasteiger partial charge < -0.3 is 5.32 Å². The fourth-order valence-electron chi connectivity index (χ4n) is 3.55. The number of hydrogen-bond acceptors (Lipinski definition) is 5. The third-order valence-electron chi connectivity index (χ3n) is 5.68. The maximum Gasteiger partial charge on any atom is 0.261 e. The number of sulfonamides is 2. The molecule has 0 heterocycles. The second-order valence-electron chi connectivity index (χ2n) is 8.63. The van der Waals surface area contributed by atoms with Gasteiger partial charge in [0, 0.05) is 11.3 Å². The Balaban J connectivity index is 1.44. The van der Waals surface area contributed by atoms with E-state index in [1.54, 1.807) is 31.2 Å². The highest BCUT2D eigenvalue weighted by molar-refractivity contribution is 7.93. The SMILES string of the molecule is Cc1ccc(S(=O)(=O)Nc2ccc(C(=O)Nc3ccc(S(=O)(=O)Nc4cccc(Cl)c4Cl)cc3)cc2C)cc1. The van der Waals surface area contributed by atoms with Crippen LogP contribution in [0.15, 0.2) is 94.7 Å². The lowest BCUT2D eigenvalue weighted by Crippen LogP contribution is -2.16. The predicted molar refractivity (Wildman–Crippen MR) is 155 cm³/mol. The molecule has 4 aromatic rings. The van der Waals surface area contributed by atoms with Crippen molar-refractivity contribution in [3.8, 4) is 0 Å². The fourth-order valence-corrected chi connectivity index (χ4v) is 6.15. The molecular weight excluding hydrogens is 581 g/mol. The molecule has 0 saturated heterocycles. The van der Waals surface area contributed by atoms with Crippen molar-refractivity contribution < 1.29 is 21.6 Å². The molecule has 202 valence electrons. The summed E-state index contributed by atoms with van der Waals surface area (Å²) in [7, 11) is -7.75. The zero-order chi connectivity index (χ0) is 28.4. The minimum Gasteiger partial charge on any atom is -0.322 e. The van der Waals surface area contributed by atoms with Crippen LogP contribution < -0.4 is 14.8 Å². The summed E-state index contributed by atoms with van der Waals surface area (Å²) in [5.74, 6) is -0.453. The number of carbonyl (C=O) groups excluding carboxylic acids is 1. The van der Waals surface area contributed by atoms with Crippen molar-refractivity contribution in [2.75, 3.05) is 14.8 Å². The normalized spacial score (nSPS) is 11.6. The van der Waals surface area contributed by atoms with Crippen molar-refractivity contribution in [3.05, 3.63) is 112 Å². The third-order valence-corrected chi connectivity index (χ3v) is 9.26. The number of hydrogen-bond donors (Lipinski definition) is 3. The van der Waals surface area contributed by atoms with Crippen molar-refractivity contribution in [3.63, 3.8) is 0 Å². The molecule has 0 aliphatic rings. The van der Waals surface area contributed by atoms with Crippen molar-refractivity contribution in [2.24, 2.45) is 0 Å². The van der Waals surface area contributed by atoms with Crippen LogP contribution in [0.3, 0.4) is 0 Å². The molecule has 4 rings (SSSR count). The van der Waals surface area contributed by atoms with Gasteiger partial charge in [-0.25, -0.2) is 16.8 Å². The first kappa shape index (κ1) is 28.4. The van der Waals surface area contributed by atoms with Crippen LogP contribution in [0.4, 0.5) is 17.1 Å². The highest BCUT2D eigenvalue weighted by Gasteiger charge is 2.18. The second kappa shape index (κ2) is 11.3. The summed E-state index contributed by atoms with van der Waals surface area (Å²) in [6.07, 6.45) is 0. The quantitative estimate of drug-likeness (QED) is 0.213. The van der Waals surface area contributed by atoms with Crippen molar-refractivity contribution in [2.45, 2.75) is 23.6 Å². The molecule has 39 heavy (non-hydrogen) atoms. The van der Waals surface area contributed by atoms with Crippen LogP contribution >= 0.6 is 23.2 Å². The van der Waals surface area contributed by atoms with Gasteiger partial charge in [-0.3, -0.25) is 14.2 Å². The van der Waals surface area contributed by atoms with Crippen LogP contribution in [0.2, 0.25) is 10.0 Å². The summed E-state index contributed by atoms with van der Waals surface area (Å²) < 4.78 is 55.8. The first-order valence-corrected chi connectivity index (χ1v) is 15.2. The molecule has 0 aliphatic heterocycles. The summed E-state index contributed by atoms with van der Waals surface area (Å²) >= 11 is 12.0. The molecule has 0 aromatic heterocycles. The van der Waals surface area contributed by atoms with E-state index in [9.17, 15) is 21.6 Å². The van der Waals surface area contributed by atoms with E-state index in [2.05, 4.69) is 14.8 Å². The molecule has 8 nitrogen and oxygen atoms in total. The van der Waals surface area contributed by atoms with Crippen LogP contribution in [-0.2, 0) is 20.0 Å². The lowest BCUT2D eigenvalue weighted by Gasteiger charge is -2.13. The van der Waals surface area contributed by atoms with E-state index in [0.29, 0.717) is 22.5 Å². The molecule has 0 unspecified atom stereocenters. The molecule has 0 aliphatic carbocycles. The Morgan fingerprint density at radius 2 is 1.26 bits per heavy atom. The predicted octanol–water partition coefficient (Wildman–Crippen LogP) is 6.46. The molecule has 0 spiro atoms. The van der Waals surface area contributed by atoms with E-state index in [4.69, 9.17) is 23.2 Å². The maximum absolute atomic E-state index is 12.8. The van der Waals surface area contributed by atoms with Gasteiger partial charge in [0.2, 0.25) is 0 Å². The Kier molecular flexibility index (Phi) is 8.22. The highest BCUT2D eigenvalue weighted by Crippen LogP contribution is 2.31. The Hall–Kier alpha value is -3.57. The smallest absolute Gasteiger partial charge is 0.261 e. The second-order valence-corrected chi connectivity index (χ2v) is 12.8. The number of rotatable bonds is 8. The van der Waals surface area contributed by atoms with Crippen LogP contribution in [-0.4, -0.2) is 22.7 Å². The van der Waals surface area contributed by atoms with Gasteiger partial charge in [-0.1, -0.05) is 47.0 Å². The van der Waals surface area contributed by atoms with Gasteiger partial charge >= 0.3 is 0 Å². The molecule has 12 heteroatoms. The van der Waals surface area contributed by atoms with Crippen LogP contribution in [0.5, 0.6) is 0 Å². The summed E-state index contributed by atoms with van der Waals surface area (Å²) in [5.41, 5.74) is 2.62. The molecule has 0 radical (unpaired) electrons. The fraction of sp³-hybridized carbons (Fsp3) is 0.0741. The van der Waals surface area contributed by atoms with Gasteiger partial charge in [-0.2, -0.15) is 0 Å². The number of benzene rings is 4. The molecule has 3 N–H and O–H groups in total. The van der Waals surface area contributed by atoms with E-state index >= 15 is 0 Å². The summed E-state index contributed by atoms with van der Waals surface area (Å²) in [5, 5.41) is 2.99. The summed E-state index contributed by atoms with van der Waals surface area (Å²) in [4.78, 5) is 12.9. The van der Waals surface area contributed by atoms with Gasteiger partial charge in [-0.05, 0) is 86.1 Å². The van der Waals surface area contributed by atoms with Crippen molar-refractivity contribution in [1.29, 1.82) is 0 Å². The van der Waals surface area contributed by atoms with Gasteiger partial charge in [0.15, 0.2) is 0 Å². The molecule has 0 fully saturated rings. The number of halogens is 2. The lowest BCUT2D eigenvalue weighted by molar-refractivity contribution is 0.102. The molecule has 0 bridgehead atoms. The summed E-state index contributed by atoms with van der Waals surface area (Å²) in [6.45, 7) is 3.55. The number of aryl methyl sites for hydroxylation is 2. The number of carbonyl (C=O) groups is 1. The van der Waals surface area contributed by atoms with E-state index in [-0.39, 0.29) is 25.5 Å². The van der Waals surface area contributed by atoms with Crippen LogP contribution in [0.25, 0.3) is 0 Å². The van der Waals surface area contributed by atoms with Crippen LogP contribution in [0.1, 0.15) is 21.5 Å². The van der Waals surface area contributed by atoms with E-state index in [1.165, 1.54) is 60.7 Å². The average Bonchev–Trinajstić information content (AvgIpc) is 2.88.